The van der Waals surface area contributed by atoms with Crippen molar-refractivity contribution in [1.29, 1.82) is 0 Å². The summed E-state index contributed by atoms with van der Waals surface area (Å²) in [6.07, 6.45) is 14.2. The third-order valence-electron chi connectivity index (χ3n) is 4.38. The molecule has 0 aromatic heterocycles. The molecule has 1 heteroatoms. The Hall–Kier alpha value is -1.34. The molecule has 1 atom stereocenters. The molecule has 1 unspecified atom stereocenters. The van der Waals surface area contributed by atoms with E-state index < -0.39 is 0 Å². The topological polar surface area (TPSA) is 0 Å². The number of allylic oxidation sites excluding steroid dienone is 5. The van der Waals surface area contributed by atoms with Crippen LogP contribution < -0.4 is 0 Å². The lowest BCUT2D eigenvalue weighted by molar-refractivity contribution is 0.603. The molecule has 0 heterocycles. The van der Waals surface area contributed by atoms with Crippen LogP contribution in [0.4, 0.5) is 0 Å². The van der Waals surface area contributed by atoms with Crippen LogP contribution in [0.15, 0.2) is 54.1 Å². The van der Waals surface area contributed by atoms with Crippen molar-refractivity contribution >= 4 is 14.7 Å². The van der Waals surface area contributed by atoms with E-state index in [1.165, 1.54) is 30.4 Å². The van der Waals surface area contributed by atoms with Crippen LogP contribution in [0.25, 0.3) is 5.20 Å². The van der Waals surface area contributed by atoms with Gasteiger partial charge >= 0.3 is 0 Å². The van der Waals surface area contributed by atoms with E-state index in [4.69, 9.17) is 0 Å². The smallest absolute Gasteiger partial charge is 0.0840 e. The van der Waals surface area contributed by atoms with Gasteiger partial charge in [-0.15, -0.1) is 0 Å². The minimum atomic E-state index is 0.373. The molecule has 0 bridgehead atoms. The first-order valence-electron chi connectivity index (χ1n) is 7.65. The van der Waals surface area contributed by atoms with Gasteiger partial charge in [0.2, 0.25) is 0 Å². The van der Waals surface area contributed by atoms with E-state index in [1.807, 2.05) is 0 Å². The van der Waals surface area contributed by atoms with Crippen LogP contribution in [-0.4, -0.2) is 9.52 Å². The highest BCUT2D eigenvalue weighted by atomic mass is 28.2. The summed E-state index contributed by atoms with van der Waals surface area (Å²) in [5, 5.41) is 2.01. The molecule has 2 aliphatic rings. The minimum Gasteiger partial charge on any atom is -0.0840 e. The van der Waals surface area contributed by atoms with E-state index in [1.54, 1.807) is 10.8 Å². The minimum absolute atomic E-state index is 0.373. The van der Waals surface area contributed by atoms with Crippen molar-refractivity contribution in [2.24, 2.45) is 0 Å². The van der Waals surface area contributed by atoms with Crippen LogP contribution in [-0.2, 0) is 6.42 Å². The number of hydrogen-bond donors (Lipinski definition) is 0. The Bertz CT molecular complexity index is 592. The summed E-state index contributed by atoms with van der Waals surface area (Å²) in [5.74, 6) is 0. The molecular weight excluding hydrogens is 256 g/mol. The van der Waals surface area contributed by atoms with Crippen LogP contribution in [0.1, 0.15) is 44.2 Å². The summed E-state index contributed by atoms with van der Waals surface area (Å²) >= 11 is 0. The monoisotopic (exact) mass is 278 g/mol. The molecule has 0 saturated heterocycles. The first kappa shape index (κ1) is 13.6. The summed E-state index contributed by atoms with van der Waals surface area (Å²) in [5.41, 5.74) is 4.62. The Balaban J connectivity index is 1.92. The van der Waals surface area contributed by atoms with Crippen LogP contribution in [0.3, 0.4) is 0 Å². The van der Waals surface area contributed by atoms with Gasteiger partial charge in [-0.05, 0) is 42.4 Å². The molecule has 2 aliphatic carbocycles. The number of fused-ring (bicyclic) bond motifs is 1. The molecule has 1 aromatic carbocycles. The average Bonchev–Trinajstić information content (AvgIpc) is 2.77. The molecule has 0 aliphatic heterocycles. The molecule has 0 amide bonds. The Morgan fingerprint density at radius 1 is 1.20 bits per heavy atom. The zero-order valence-electron chi connectivity index (χ0n) is 12.4. The first-order valence-corrected chi connectivity index (χ1v) is 8.65. The molecule has 0 N–H and O–H groups in total. The fourth-order valence-electron chi connectivity index (χ4n) is 3.40. The third kappa shape index (κ3) is 2.47. The second-order valence-corrected chi connectivity index (χ2v) is 7.76. The van der Waals surface area contributed by atoms with E-state index in [9.17, 15) is 0 Å². The predicted octanol–water partition coefficient (Wildman–Crippen LogP) is 5.15. The molecule has 0 spiro atoms. The Kier molecular flexibility index (Phi) is 3.80. The summed E-state index contributed by atoms with van der Waals surface area (Å²) in [4.78, 5) is 0. The maximum absolute atomic E-state index is 2.47. The fraction of sp³-hybridized carbons (Fsp3) is 0.368. The zero-order chi connectivity index (χ0) is 14.0. The van der Waals surface area contributed by atoms with Crippen molar-refractivity contribution in [1.82, 2.24) is 0 Å². The van der Waals surface area contributed by atoms with Gasteiger partial charge in [0.05, 0.1) is 9.52 Å². The molecule has 20 heavy (non-hydrogen) atoms. The summed E-state index contributed by atoms with van der Waals surface area (Å²) in [7, 11) is 0.901. The molecule has 102 valence electrons. The quantitative estimate of drug-likeness (QED) is 0.668. The standard InChI is InChI=1S/C19H22Si/c1-3-11-19(12-7-4-8-13-19)20-18-15(2)14-16-9-5-6-10-17(16)18/h4-10,12H,3,11,13-14H2,1-2H3. The Morgan fingerprint density at radius 3 is 2.80 bits per heavy atom. The highest BCUT2D eigenvalue weighted by Crippen LogP contribution is 2.45. The normalized spacial score (nSPS) is 24.3. The van der Waals surface area contributed by atoms with Crippen molar-refractivity contribution in [3.05, 3.63) is 65.3 Å². The van der Waals surface area contributed by atoms with Crippen molar-refractivity contribution in [3.63, 3.8) is 0 Å². The van der Waals surface area contributed by atoms with Crippen LogP contribution >= 0.6 is 0 Å². The van der Waals surface area contributed by atoms with Gasteiger partial charge < -0.3 is 0 Å². The maximum atomic E-state index is 2.47. The van der Waals surface area contributed by atoms with Crippen molar-refractivity contribution in [3.8, 4) is 0 Å². The van der Waals surface area contributed by atoms with Crippen LogP contribution in [0, 0.1) is 0 Å². The second-order valence-electron chi connectivity index (χ2n) is 6.01. The van der Waals surface area contributed by atoms with E-state index in [0.717, 1.165) is 15.9 Å². The second kappa shape index (κ2) is 5.57. The van der Waals surface area contributed by atoms with E-state index >= 15 is 0 Å². The summed E-state index contributed by atoms with van der Waals surface area (Å²) in [6, 6.07) is 8.96. The molecule has 0 saturated carbocycles. The average molecular weight is 278 g/mol. The zero-order valence-corrected chi connectivity index (χ0v) is 13.4. The van der Waals surface area contributed by atoms with Gasteiger partial charge in [0.25, 0.3) is 0 Å². The molecule has 3 rings (SSSR count). The highest BCUT2D eigenvalue weighted by molar-refractivity contribution is 6.65. The van der Waals surface area contributed by atoms with Gasteiger partial charge in [0.15, 0.2) is 0 Å². The summed E-state index contributed by atoms with van der Waals surface area (Å²) in [6.45, 7) is 4.63. The van der Waals surface area contributed by atoms with Gasteiger partial charge in [0, 0.05) is 0 Å². The van der Waals surface area contributed by atoms with E-state index in [2.05, 4.69) is 62.4 Å². The molecule has 0 fully saturated rings. The van der Waals surface area contributed by atoms with Gasteiger partial charge in [-0.1, -0.05) is 72.7 Å². The third-order valence-corrected chi connectivity index (χ3v) is 6.45. The maximum Gasteiger partial charge on any atom is 0.0935 e. The lowest BCUT2D eigenvalue weighted by Gasteiger charge is -2.31. The predicted molar refractivity (Wildman–Crippen MR) is 89.0 cm³/mol. The molecule has 2 radical (unpaired) electrons. The van der Waals surface area contributed by atoms with Crippen molar-refractivity contribution < 1.29 is 0 Å². The number of benzene rings is 1. The SMILES string of the molecule is CCCC1([Si]C2=C(C)Cc3ccccc32)C=CC=CC1. The molecule has 1 aromatic rings. The first-order chi connectivity index (χ1) is 9.74. The number of rotatable bonds is 4. The Morgan fingerprint density at radius 2 is 2.05 bits per heavy atom. The van der Waals surface area contributed by atoms with Gasteiger partial charge in [-0.2, -0.15) is 0 Å². The number of hydrogen-bond acceptors (Lipinski definition) is 0. The van der Waals surface area contributed by atoms with E-state index in [-0.39, 0.29) is 0 Å². The van der Waals surface area contributed by atoms with Gasteiger partial charge in [-0.3, -0.25) is 0 Å². The largest absolute Gasteiger partial charge is 0.0935 e. The van der Waals surface area contributed by atoms with Crippen LogP contribution in [0.2, 0.25) is 5.04 Å². The molecular formula is C19H22Si. The van der Waals surface area contributed by atoms with Crippen molar-refractivity contribution in [2.45, 2.75) is 44.6 Å². The van der Waals surface area contributed by atoms with Gasteiger partial charge in [-0.25, -0.2) is 0 Å². The molecule has 0 nitrogen and oxygen atoms in total. The lowest BCUT2D eigenvalue weighted by Crippen LogP contribution is -2.20. The van der Waals surface area contributed by atoms with Gasteiger partial charge in [0.1, 0.15) is 0 Å². The van der Waals surface area contributed by atoms with Crippen LogP contribution in [0.5, 0.6) is 0 Å². The lowest BCUT2D eigenvalue weighted by atomic mass is 9.94. The highest BCUT2D eigenvalue weighted by Gasteiger charge is 2.31. The summed E-state index contributed by atoms with van der Waals surface area (Å²) < 4.78 is 0. The van der Waals surface area contributed by atoms with Crippen molar-refractivity contribution in [2.75, 3.05) is 0 Å². The van der Waals surface area contributed by atoms with E-state index in [0.29, 0.717) is 5.04 Å². The fourth-order valence-corrected chi connectivity index (χ4v) is 5.35. The Labute approximate surface area is 125 Å².